The summed E-state index contributed by atoms with van der Waals surface area (Å²) in [6.45, 7) is 23.5. The van der Waals surface area contributed by atoms with Crippen molar-refractivity contribution >= 4 is 13.6 Å². The van der Waals surface area contributed by atoms with Crippen molar-refractivity contribution in [2.75, 3.05) is 0 Å². The van der Waals surface area contributed by atoms with Crippen LogP contribution < -0.4 is 0 Å². The molecule has 0 saturated carbocycles. The minimum atomic E-state index is -1.18. The largest absolute Gasteiger partial charge is 0.115 e. The Bertz CT molecular complexity index is 1040. The lowest BCUT2D eigenvalue weighted by Gasteiger charge is -2.18. The molecule has 0 bridgehead atoms. The van der Waals surface area contributed by atoms with Gasteiger partial charge in [0.15, 0.2) is 0 Å². The van der Waals surface area contributed by atoms with Gasteiger partial charge in [0, 0.05) is 5.56 Å². The van der Waals surface area contributed by atoms with E-state index in [0.29, 0.717) is 10.8 Å². The lowest BCUT2D eigenvalue weighted by molar-refractivity contribution is 0.360. The summed E-state index contributed by atoms with van der Waals surface area (Å²) in [7, 11) is -1.18. The maximum absolute atomic E-state index is 5.38. The molecule has 0 heterocycles. The highest BCUT2D eigenvalue weighted by Gasteiger charge is 2.13. The van der Waals surface area contributed by atoms with Crippen LogP contribution in [0, 0.1) is 23.2 Å². The molecule has 2 rings (SSSR count). The molecule has 1 heteroatoms. The van der Waals surface area contributed by atoms with Gasteiger partial charge in [-0.05, 0) is 96.6 Å². The zero-order valence-corrected chi connectivity index (χ0v) is 29.1. The van der Waals surface area contributed by atoms with Gasteiger partial charge in [0.05, 0.1) is 8.07 Å². The summed E-state index contributed by atoms with van der Waals surface area (Å²) in [5.74, 6) is 2.68. The molecule has 0 spiro atoms. The summed E-state index contributed by atoms with van der Waals surface area (Å²) < 4.78 is 0. The Morgan fingerprint density at radius 1 is 0.750 bits per heavy atom. The summed E-state index contributed by atoms with van der Waals surface area (Å²) >= 11 is 0. The van der Waals surface area contributed by atoms with Gasteiger partial charge in [-0.3, -0.25) is 0 Å². The molecule has 0 nitrogen and oxygen atoms in total. The Hall–Kier alpha value is -2.04. The second-order valence-electron chi connectivity index (χ2n) is 15.2. The average Bonchev–Trinajstić information content (AvgIpc) is 2.86. The minimum absolute atomic E-state index is 0.459. The van der Waals surface area contributed by atoms with Gasteiger partial charge in [0.2, 0.25) is 0 Å². The number of allylic oxidation sites excluding steroid dienone is 1. The minimum Gasteiger partial charge on any atom is -0.115 e. The monoisotopic (exact) mass is 558 g/mol. The molecule has 0 aromatic heterocycles. The third kappa shape index (κ3) is 18.3. The van der Waals surface area contributed by atoms with E-state index in [4.69, 9.17) is 6.42 Å². The highest BCUT2D eigenvalue weighted by atomic mass is 28.3. The molecule has 0 aliphatic heterocycles. The summed E-state index contributed by atoms with van der Waals surface area (Å²) in [5, 5.41) is 0. The molecule has 0 radical (unpaired) electrons. The van der Waals surface area contributed by atoms with Gasteiger partial charge in [-0.25, -0.2) is 0 Å². The van der Waals surface area contributed by atoms with E-state index in [1.807, 2.05) is 12.1 Å². The molecule has 2 aromatic carbocycles. The van der Waals surface area contributed by atoms with Crippen LogP contribution in [0.1, 0.15) is 129 Å². The van der Waals surface area contributed by atoms with Crippen LogP contribution in [0.2, 0.25) is 19.6 Å². The SMILES string of the molecule is C#Cc1cccc(CCCCC(C)(C)C)c1.CCCC/C(=C\[Si](C)(C)C)c1cccc(CCCCC(C)(C)C)c1. The van der Waals surface area contributed by atoms with E-state index in [0.717, 1.165) is 12.0 Å². The Balaban J connectivity index is 0.000000433. The molecule has 2 aromatic rings. The van der Waals surface area contributed by atoms with Gasteiger partial charge < -0.3 is 0 Å². The van der Waals surface area contributed by atoms with E-state index in [-0.39, 0.29) is 0 Å². The molecule has 0 saturated heterocycles. The predicted octanol–water partition coefficient (Wildman–Crippen LogP) is 12.3. The first kappa shape index (κ1) is 36.0. The standard InChI is InChI=1S/C23H40Si.C16H22/c1-8-9-15-22(19-24(5,6)7)21-16-12-14-20(18-21)13-10-11-17-23(2,3)4;1-5-14-10-8-11-15(13-14)9-6-7-12-16(2,3)4/h12,14,16,18-19H,8-11,13,15,17H2,1-7H3;1,8,10-11,13H,6-7,9,12H2,2-4H3/b22-19+;. The zero-order valence-electron chi connectivity index (χ0n) is 28.1. The van der Waals surface area contributed by atoms with Gasteiger partial charge >= 0.3 is 0 Å². The molecule has 0 aliphatic rings. The smallest absolute Gasteiger partial charge is 0.0690 e. The number of aryl methyl sites for hydroxylation is 2. The maximum Gasteiger partial charge on any atom is 0.0690 e. The number of rotatable bonds is 13. The van der Waals surface area contributed by atoms with Crippen LogP contribution in [0.4, 0.5) is 0 Å². The maximum atomic E-state index is 5.38. The third-order valence-electron chi connectivity index (χ3n) is 7.08. The van der Waals surface area contributed by atoms with E-state index < -0.39 is 8.07 Å². The first-order valence-electron chi connectivity index (χ1n) is 16.0. The van der Waals surface area contributed by atoms with Crippen molar-refractivity contribution in [3.05, 3.63) is 76.5 Å². The number of hydrogen-bond donors (Lipinski definition) is 0. The first-order chi connectivity index (χ1) is 18.6. The fourth-order valence-electron chi connectivity index (χ4n) is 4.90. The van der Waals surface area contributed by atoms with E-state index in [2.05, 4.69) is 116 Å². The van der Waals surface area contributed by atoms with Gasteiger partial charge in [0.25, 0.3) is 0 Å². The Kier molecular flexibility index (Phi) is 15.9. The summed E-state index contributed by atoms with van der Waals surface area (Å²) in [5.41, 5.74) is 10.5. The highest BCUT2D eigenvalue weighted by molar-refractivity contribution is 6.81. The highest BCUT2D eigenvalue weighted by Crippen LogP contribution is 2.26. The molecule has 0 atom stereocenters. The van der Waals surface area contributed by atoms with Crippen molar-refractivity contribution in [2.45, 2.75) is 139 Å². The second kappa shape index (κ2) is 17.7. The number of terminal acetylenes is 1. The number of unbranched alkanes of at least 4 members (excludes halogenated alkanes) is 3. The topological polar surface area (TPSA) is 0 Å². The van der Waals surface area contributed by atoms with Crippen LogP contribution in [-0.2, 0) is 12.8 Å². The quantitative estimate of drug-likeness (QED) is 0.130. The van der Waals surface area contributed by atoms with Crippen LogP contribution in [-0.4, -0.2) is 8.07 Å². The van der Waals surface area contributed by atoms with Crippen molar-refractivity contribution in [2.24, 2.45) is 10.8 Å². The number of hydrogen-bond acceptors (Lipinski definition) is 0. The average molecular weight is 559 g/mol. The van der Waals surface area contributed by atoms with Crippen LogP contribution in [0.5, 0.6) is 0 Å². The molecule has 0 amide bonds. The molecule has 40 heavy (non-hydrogen) atoms. The Morgan fingerprint density at radius 2 is 1.27 bits per heavy atom. The van der Waals surface area contributed by atoms with Gasteiger partial charge in [-0.2, -0.15) is 0 Å². The molecular weight excluding hydrogens is 497 g/mol. The lowest BCUT2D eigenvalue weighted by atomic mass is 9.89. The predicted molar refractivity (Wildman–Crippen MR) is 186 cm³/mol. The molecular formula is C39H62Si. The van der Waals surface area contributed by atoms with Crippen molar-refractivity contribution < 1.29 is 0 Å². The van der Waals surface area contributed by atoms with Crippen LogP contribution >= 0.6 is 0 Å². The van der Waals surface area contributed by atoms with Crippen LogP contribution in [0.15, 0.2) is 54.2 Å². The fourth-order valence-corrected chi connectivity index (χ4v) is 6.26. The molecule has 0 unspecified atom stereocenters. The fraction of sp³-hybridized carbons (Fsp3) is 0.590. The zero-order chi connectivity index (χ0) is 30.2. The van der Waals surface area contributed by atoms with Crippen LogP contribution in [0.3, 0.4) is 0 Å². The normalized spacial score (nSPS) is 12.5. The van der Waals surface area contributed by atoms with E-state index in [1.54, 1.807) is 5.57 Å². The molecule has 0 N–H and O–H groups in total. The lowest BCUT2D eigenvalue weighted by Crippen LogP contribution is -2.16. The number of benzene rings is 2. The Morgan fingerprint density at radius 3 is 1.75 bits per heavy atom. The van der Waals surface area contributed by atoms with E-state index in [1.165, 1.54) is 80.9 Å². The van der Waals surface area contributed by atoms with Crippen molar-refractivity contribution in [1.29, 1.82) is 0 Å². The van der Waals surface area contributed by atoms with Gasteiger partial charge in [-0.15, -0.1) is 6.42 Å². The van der Waals surface area contributed by atoms with E-state index >= 15 is 0 Å². The van der Waals surface area contributed by atoms with Gasteiger partial charge in [0.1, 0.15) is 0 Å². The molecule has 0 aliphatic carbocycles. The van der Waals surface area contributed by atoms with Crippen molar-refractivity contribution in [1.82, 2.24) is 0 Å². The van der Waals surface area contributed by atoms with E-state index in [9.17, 15) is 0 Å². The second-order valence-corrected chi connectivity index (χ2v) is 20.2. The molecule has 0 fully saturated rings. The summed E-state index contributed by atoms with van der Waals surface area (Å²) in [6.07, 6.45) is 19.4. The van der Waals surface area contributed by atoms with Gasteiger partial charge in [-0.1, -0.05) is 135 Å². The Labute approximate surface area is 251 Å². The van der Waals surface area contributed by atoms with Crippen molar-refractivity contribution in [3.8, 4) is 12.3 Å². The first-order valence-corrected chi connectivity index (χ1v) is 19.6. The third-order valence-corrected chi connectivity index (χ3v) is 8.30. The summed E-state index contributed by atoms with van der Waals surface area (Å²) in [4.78, 5) is 0. The van der Waals surface area contributed by atoms with Crippen molar-refractivity contribution in [3.63, 3.8) is 0 Å². The van der Waals surface area contributed by atoms with Crippen LogP contribution in [0.25, 0.3) is 5.57 Å². The summed E-state index contributed by atoms with van der Waals surface area (Å²) in [6, 6.07) is 17.7. The molecule has 222 valence electrons.